The van der Waals surface area contributed by atoms with Crippen molar-refractivity contribution < 1.29 is 9.90 Å². The van der Waals surface area contributed by atoms with Crippen molar-refractivity contribution >= 4 is 33.1 Å². The number of rotatable bonds is 5. The summed E-state index contributed by atoms with van der Waals surface area (Å²) in [5.41, 5.74) is 7.46. The van der Waals surface area contributed by atoms with Gasteiger partial charge in [-0.25, -0.2) is 0 Å². The molecule has 2 aromatic rings. The molecule has 0 atom stereocenters. The number of anilines is 1. The molecule has 0 radical (unpaired) electrons. The van der Waals surface area contributed by atoms with Crippen molar-refractivity contribution in [1.29, 1.82) is 0 Å². The molecule has 2 rings (SSSR count). The van der Waals surface area contributed by atoms with E-state index in [4.69, 9.17) is 10.8 Å². The standard InChI is InChI=1S/C13H20N4O2S/c1-4-5-17(6-7-18)12(19)11-10(14)9-8(2)15-16(3)13(9)20-11/h18H,4-7,14H2,1-3H3. The lowest BCUT2D eigenvalue weighted by molar-refractivity contribution is 0.0728. The van der Waals surface area contributed by atoms with E-state index in [0.717, 1.165) is 22.3 Å². The fourth-order valence-corrected chi connectivity index (χ4v) is 3.49. The van der Waals surface area contributed by atoms with Crippen LogP contribution in [0.15, 0.2) is 0 Å². The first-order chi connectivity index (χ1) is 9.51. The lowest BCUT2D eigenvalue weighted by Crippen LogP contribution is -2.34. The van der Waals surface area contributed by atoms with Gasteiger partial charge in [0.25, 0.3) is 5.91 Å². The number of amides is 1. The maximum Gasteiger partial charge on any atom is 0.266 e. The number of nitrogen functional groups attached to an aromatic ring is 1. The van der Waals surface area contributed by atoms with Crippen molar-refractivity contribution in [3.63, 3.8) is 0 Å². The molecule has 0 saturated carbocycles. The molecule has 0 aliphatic rings. The Kier molecular flexibility index (Phi) is 4.29. The number of carbonyl (C=O) groups excluding carboxylic acids is 1. The van der Waals surface area contributed by atoms with Crippen LogP contribution >= 0.6 is 11.3 Å². The zero-order valence-corrected chi connectivity index (χ0v) is 12.8. The van der Waals surface area contributed by atoms with Gasteiger partial charge < -0.3 is 15.7 Å². The third kappa shape index (κ3) is 2.38. The summed E-state index contributed by atoms with van der Waals surface area (Å²) >= 11 is 1.36. The maximum absolute atomic E-state index is 12.6. The number of aliphatic hydroxyl groups is 1. The maximum atomic E-state index is 12.6. The highest BCUT2D eigenvalue weighted by atomic mass is 32.1. The molecule has 0 spiro atoms. The zero-order chi connectivity index (χ0) is 14.9. The molecule has 2 aromatic heterocycles. The van der Waals surface area contributed by atoms with E-state index in [1.165, 1.54) is 11.3 Å². The van der Waals surface area contributed by atoms with Gasteiger partial charge in [-0.1, -0.05) is 6.92 Å². The Morgan fingerprint density at radius 3 is 2.75 bits per heavy atom. The summed E-state index contributed by atoms with van der Waals surface area (Å²) in [5.74, 6) is -0.112. The first kappa shape index (κ1) is 14.8. The normalized spacial score (nSPS) is 11.2. The number of carbonyl (C=O) groups is 1. The average molecular weight is 296 g/mol. The van der Waals surface area contributed by atoms with Crippen LogP contribution in [0.5, 0.6) is 0 Å². The summed E-state index contributed by atoms with van der Waals surface area (Å²) in [6.07, 6.45) is 0.844. The smallest absolute Gasteiger partial charge is 0.266 e. The SMILES string of the molecule is CCCN(CCO)C(=O)c1sc2c(c(C)nn2C)c1N. The Labute approximate surface area is 121 Å². The molecule has 0 saturated heterocycles. The van der Waals surface area contributed by atoms with Crippen LogP contribution in [0.3, 0.4) is 0 Å². The highest BCUT2D eigenvalue weighted by molar-refractivity contribution is 7.21. The Bertz CT molecular complexity index is 626. The van der Waals surface area contributed by atoms with Crippen molar-refractivity contribution in [2.75, 3.05) is 25.4 Å². The van der Waals surface area contributed by atoms with Crippen molar-refractivity contribution in [2.24, 2.45) is 7.05 Å². The van der Waals surface area contributed by atoms with Crippen LogP contribution in [0, 0.1) is 6.92 Å². The molecule has 6 nitrogen and oxygen atoms in total. The van der Waals surface area contributed by atoms with E-state index in [9.17, 15) is 4.79 Å². The number of nitrogens with zero attached hydrogens (tertiary/aromatic N) is 3. The minimum Gasteiger partial charge on any atom is -0.397 e. The lowest BCUT2D eigenvalue weighted by Gasteiger charge is -2.20. The number of aromatic nitrogens is 2. The van der Waals surface area contributed by atoms with Crippen LogP contribution in [0.4, 0.5) is 5.69 Å². The summed E-state index contributed by atoms with van der Waals surface area (Å²) in [7, 11) is 1.84. The van der Waals surface area contributed by atoms with Gasteiger partial charge in [-0.2, -0.15) is 5.10 Å². The Balaban J connectivity index is 2.43. The van der Waals surface area contributed by atoms with E-state index in [0.29, 0.717) is 23.7 Å². The molecule has 0 aliphatic heterocycles. The van der Waals surface area contributed by atoms with Gasteiger partial charge in [-0.05, 0) is 13.3 Å². The highest BCUT2D eigenvalue weighted by Crippen LogP contribution is 2.36. The van der Waals surface area contributed by atoms with Gasteiger partial charge in [0.1, 0.15) is 9.71 Å². The number of aryl methyl sites for hydroxylation is 2. The van der Waals surface area contributed by atoms with E-state index >= 15 is 0 Å². The molecule has 1 amide bonds. The molecule has 2 heterocycles. The zero-order valence-electron chi connectivity index (χ0n) is 12.0. The fourth-order valence-electron chi connectivity index (χ4n) is 2.34. The summed E-state index contributed by atoms with van der Waals surface area (Å²) in [6, 6.07) is 0. The molecule has 3 N–H and O–H groups in total. The average Bonchev–Trinajstić information content (AvgIpc) is 2.88. The van der Waals surface area contributed by atoms with E-state index in [1.54, 1.807) is 9.58 Å². The largest absolute Gasteiger partial charge is 0.397 e. The van der Waals surface area contributed by atoms with Crippen LogP contribution < -0.4 is 5.73 Å². The molecular formula is C13H20N4O2S. The van der Waals surface area contributed by atoms with Crippen LogP contribution in [0.2, 0.25) is 0 Å². The molecule has 0 aromatic carbocycles. The van der Waals surface area contributed by atoms with Crippen LogP contribution in [0.25, 0.3) is 10.2 Å². The Hall–Kier alpha value is -1.60. The Morgan fingerprint density at radius 2 is 2.20 bits per heavy atom. The topological polar surface area (TPSA) is 84.4 Å². The third-order valence-electron chi connectivity index (χ3n) is 3.23. The van der Waals surface area contributed by atoms with Crippen LogP contribution in [-0.4, -0.2) is 45.4 Å². The van der Waals surface area contributed by atoms with Gasteiger partial charge >= 0.3 is 0 Å². The molecular weight excluding hydrogens is 276 g/mol. The van der Waals surface area contributed by atoms with Crippen molar-refractivity contribution in [1.82, 2.24) is 14.7 Å². The molecule has 0 aliphatic carbocycles. The summed E-state index contributed by atoms with van der Waals surface area (Å²) in [6.45, 7) is 4.79. The molecule has 0 bridgehead atoms. The number of fused-ring (bicyclic) bond motifs is 1. The van der Waals surface area contributed by atoms with Gasteiger partial charge in [-0.3, -0.25) is 9.48 Å². The summed E-state index contributed by atoms with van der Waals surface area (Å²) in [5, 5.41) is 14.3. The first-order valence-electron chi connectivity index (χ1n) is 6.62. The van der Waals surface area contributed by atoms with Crippen LogP contribution in [0.1, 0.15) is 28.7 Å². The second-order valence-corrected chi connectivity index (χ2v) is 5.75. The van der Waals surface area contributed by atoms with E-state index in [2.05, 4.69) is 5.10 Å². The quantitative estimate of drug-likeness (QED) is 0.872. The number of thiophene rings is 1. The van der Waals surface area contributed by atoms with E-state index in [1.807, 2.05) is 20.9 Å². The lowest BCUT2D eigenvalue weighted by atomic mass is 10.2. The van der Waals surface area contributed by atoms with Crippen molar-refractivity contribution in [3.8, 4) is 0 Å². The molecule has 7 heteroatoms. The van der Waals surface area contributed by atoms with Crippen molar-refractivity contribution in [3.05, 3.63) is 10.6 Å². The summed E-state index contributed by atoms with van der Waals surface area (Å²) < 4.78 is 1.75. The van der Waals surface area contributed by atoms with E-state index < -0.39 is 0 Å². The number of hydrogen-bond donors (Lipinski definition) is 2. The highest BCUT2D eigenvalue weighted by Gasteiger charge is 2.24. The monoisotopic (exact) mass is 296 g/mol. The summed E-state index contributed by atoms with van der Waals surface area (Å²) in [4.78, 5) is 15.6. The minimum atomic E-state index is -0.112. The molecule has 110 valence electrons. The second-order valence-electron chi connectivity index (χ2n) is 4.75. The van der Waals surface area contributed by atoms with Gasteiger partial charge in [0, 0.05) is 20.1 Å². The predicted molar refractivity (Wildman–Crippen MR) is 81.0 cm³/mol. The first-order valence-corrected chi connectivity index (χ1v) is 7.44. The third-order valence-corrected chi connectivity index (χ3v) is 4.49. The minimum absolute atomic E-state index is 0.0445. The van der Waals surface area contributed by atoms with E-state index in [-0.39, 0.29) is 12.5 Å². The van der Waals surface area contributed by atoms with Crippen LogP contribution in [-0.2, 0) is 7.05 Å². The number of hydrogen-bond acceptors (Lipinski definition) is 5. The molecule has 20 heavy (non-hydrogen) atoms. The van der Waals surface area contributed by atoms with Gasteiger partial charge in [0.15, 0.2) is 0 Å². The fraction of sp³-hybridized carbons (Fsp3) is 0.538. The number of aliphatic hydroxyl groups excluding tert-OH is 1. The van der Waals surface area contributed by atoms with Gasteiger partial charge in [-0.15, -0.1) is 11.3 Å². The van der Waals surface area contributed by atoms with Crippen molar-refractivity contribution in [2.45, 2.75) is 20.3 Å². The second kappa shape index (κ2) is 5.80. The van der Waals surface area contributed by atoms with Gasteiger partial charge in [0.2, 0.25) is 0 Å². The molecule has 0 fully saturated rings. The number of nitrogens with two attached hydrogens (primary N) is 1. The predicted octanol–water partition coefficient (Wildman–Crippen LogP) is 1.37. The Morgan fingerprint density at radius 1 is 1.50 bits per heavy atom. The molecule has 0 unspecified atom stereocenters. The van der Waals surface area contributed by atoms with Gasteiger partial charge in [0.05, 0.1) is 23.4 Å².